The van der Waals surface area contributed by atoms with Gasteiger partial charge in [0.05, 0.1) is 3.79 Å². The molecule has 1 heterocycles. The summed E-state index contributed by atoms with van der Waals surface area (Å²) in [7, 11) is 2.14. The molecule has 0 aliphatic rings. The molecule has 0 unspecified atom stereocenters. The maximum atomic E-state index is 3.48. The van der Waals surface area contributed by atoms with Crippen LogP contribution >= 0.6 is 27.3 Å². The van der Waals surface area contributed by atoms with Crippen LogP contribution in [0.2, 0.25) is 0 Å². The summed E-state index contributed by atoms with van der Waals surface area (Å²) < 4.78 is 1.20. The summed E-state index contributed by atoms with van der Waals surface area (Å²) >= 11 is 5.22. The van der Waals surface area contributed by atoms with Crippen LogP contribution in [0.3, 0.4) is 0 Å². The number of para-hydroxylation sites is 1. The maximum Gasteiger partial charge on any atom is 0.0701 e. The van der Waals surface area contributed by atoms with Crippen molar-refractivity contribution in [3.8, 4) is 0 Å². The highest BCUT2D eigenvalue weighted by Crippen LogP contribution is 2.20. The minimum Gasteiger partial charge on any atom is -0.375 e. The van der Waals surface area contributed by atoms with Crippen LogP contribution in [0.5, 0.6) is 0 Å². The van der Waals surface area contributed by atoms with E-state index in [1.54, 1.807) is 11.3 Å². The number of benzene rings is 1. The quantitative estimate of drug-likeness (QED) is 0.763. The molecule has 1 aromatic carbocycles. The lowest BCUT2D eigenvalue weighted by Crippen LogP contribution is -2.23. The number of nitrogens with one attached hydrogen (secondary N) is 1. The molecule has 0 bridgehead atoms. The fraction of sp³-hybridized carbons (Fsp3) is 0.333. The first-order valence-corrected chi connectivity index (χ1v) is 8.13. The minimum absolute atomic E-state index is 0.956. The number of hydrogen-bond acceptors (Lipinski definition) is 3. The fourth-order valence-corrected chi connectivity index (χ4v) is 3.13. The van der Waals surface area contributed by atoms with E-state index in [0.717, 1.165) is 26.1 Å². The molecule has 4 heteroatoms. The van der Waals surface area contributed by atoms with Gasteiger partial charge in [-0.1, -0.05) is 18.2 Å². The molecule has 1 aromatic heterocycles. The molecule has 2 nitrogen and oxygen atoms in total. The highest BCUT2D eigenvalue weighted by molar-refractivity contribution is 9.11. The second-order valence-electron chi connectivity index (χ2n) is 4.55. The van der Waals surface area contributed by atoms with E-state index in [1.807, 2.05) is 0 Å². The van der Waals surface area contributed by atoms with Gasteiger partial charge in [-0.25, -0.2) is 0 Å². The highest BCUT2D eigenvalue weighted by Gasteiger charge is 2.00. The van der Waals surface area contributed by atoms with E-state index < -0.39 is 0 Å². The van der Waals surface area contributed by atoms with Crippen molar-refractivity contribution in [1.29, 1.82) is 0 Å². The lowest BCUT2D eigenvalue weighted by atomic mass is 10.3. The Labute approximate surface area is 127 Å². The Balaban J connectivity index is 1.62. The lowest BCUT2D eigenvalue weighted by Gasteiger charge is -2.19. The minimum atomic E-state index is 0.956. The van der Waals surface area contributed by atoms with Crippen LogP contribution in [0, 0.1) is 0 Å². The van der Waals surface area contributed by atoms with Crippen molar-refractivity contribution in [2.75, 3.05) is 25.0 Å². The van der Waals surface area contributed by atoms with Gasteiger partial charge in [0.15, 0.2) is 0 Å². The second kappa shape index (κ2) is 7.68. The molecule has 0 atom stereocenters. The van der Waals surface area contributed by atoms with Gasteiger partial charge >= 0.3 is 0 Å². The third kappa shape index (κ3) is 4.97. The molecular formula is C15H19BrN2S. The van der Waals surface area contributed by atoms with E-state index in [-0.39, 0.29) is 0 Å². The standard InChI is InChI=1S/C15H19BrN2S/c1-18(14-6-3-2-4-7-14)9-5-8-17-11-13-10-15(16)19-12-13/h2-4,6-7,10,12,17H,5,8-9,11H2,1H3. The molecule has 19 heavy (non-hydrogen) atoms. The summed E-state index contributed by atoms with van der Waals surface area (Å²) in [5.41, 5.74) is 2.64. The van der Waals surface area contributed by atoms with Crippen molar-refractivity contribution >= 4 is 33.0 Å². The predicted molar refractivity (Wildman–Crippen MR) is 88.1 cm³/mol. The molecule has 0 amide bonds. The van der Waals surface area contributed by atoms with Gasteiger partial charge in [-0.2, -0.15) is 0 Å². The van der Waals surface area contributed by atoms with E-state index in [1.165, 1.54) is 15.0 Å². The van der Waals surface area contributed by atoms with Gasteiger partial charge in [0, 0.05) is 25.8 Å². The van der Waals surface area contributed by atoms with Gasteiger partial charge in [0.1, 0.15) is 0 Å². The van der Waals surface area contributed by atoms with Crippen molar-refractivity contribution in [3.05, 3.63) is 51.1 Å². The molecule has 2 aromatic rings. The largest absolute Gasteiger partial charge is 0.375 e. The van der Waals surface area contributed by atoms with Crippen LogP contribution in [-0.2, 0) is 6.54 Å². The number of anilines is 1. The summed E-state index contributed by atoms with van der Waals surface area (Å²) in [6.07, 6.45) is 1.15. The summed E-state index contributed by atoms with van der Waals surface area (Å²) in [5.74, 6) is 0. The van der Waals surface area contributed by atoms with Crippen LogP contribution in [0.4, 0.5) is 5.69 Å². The summed E-state index contributed by atoms with van der Waals surface area (Å²) in [4.78, 5) is 2.29. The van der Waals surface area contributed by atoms with Crippen molar-refractivity contribution in [2.45, 2.75) is 13.0 Å². The van der Waals surface area contributed by atoms with Crippen molar-refractivity contribution in [2.24, 2.45) is 0 Å². The molecule has 0 aliphatic heterocycles. The summed E-state index contributed by atoms with van der Waals surface area (Å²) in [6.45, 7) is 3.08. The molecule has 0 radical (unpaired) electrons. The molecule has 0 saturated carbocycles. The average Bonchev–Trinajstić information content (AvgIpc) is 2.85. The van der Waals surface area contributed by atoms with Crippen LogP contribution in [-0.4, -0.2) is 20.1 Å². The SMILES string of the molecule is CN(CCCNCc1csc(Br)c1)c1ccccc1. The smallest absolute Gasteiger partial charge is 0.0701 e. The molecular weight excluding hydrogens is 320 g/mol. The van der Waals surface area contributed by atoms with E-state index in [4.69, 9.17) is 0 Å². The summed E-state index contributed by atoms with van der Waals surface area (Å²) in [6, 6.07) is 12.7. The first kappa shape index (κ1) is 14.6. The zero-order valence-electron chi connectivity index (χ0n) is 11.1. The Morgan fingerprint density at radius 2 is 2.05 bits per heavy atom. The fourth-order valence-electron chi connectivity index (χ4n) is 1.92. The van der Waals surface area contributed by atoms with Gasteiger partial charge in [-0.05, 0) is 58.0 Å². The Kier molecular flexibility index (Phi) is 5.89. The number of nitrogens with zero attached hydrogens (tertiary/aromatic N) is 1. The molecule has 1 N–H and O–H groups in total. The molecule has 0 fully saturated rings. The van der Waals surface area contributed by atoms with E-state index in [2.05, 4.69) is 75.0 Å². The zero-order chi connectivity index (χ0) is 13.5. The third-order valence-corrected chi connectivity index (χ3v) is 4.55. The van der Waals surface area contributed by atoms with Crippen LogP contribution < -0.4 is 10.2 Å². The van der Waals surface area contributed by atoms with Gasteiger partial charge in [-0.3, -0.25) is 0 Å². The number of halogens is 1. The molecule has 0 spiro atoms. The molecule has 0 aliphatic carbocycles. The number of thiophene rings is 1. The molecule has 2 rings (SSSR count). The van der Waals surface area contributed by atoms with Crippen LogP contribution in [0.15, 0.2) is 45.6 Å². The monoisotopic (exact) mass is 338 g/mol. The third-order valence-electron chi connectivity index (χ3n) is 2.99. The predicted octanol–water partition coefficient (Wildman–Crippen LogP) is 4.13. The number of hydrogen-bond donors (Lipinski definition) is 1. The Morgan fingerprint density at radius 1 is 1.26 bits per heavy atom. The lowest BCUT2D eigenvalue weighted by molar-refractivity contribution is 0.647. The van der Waals surface area contributed by atoms with Crippen molar-refractivity contribution in [3.63, 3.8) is 0 Å². The van der Waals surface area contributed by atoms with E-state index >= 15 is 0 Å². The molecule has 102 valence electrons. The van der Waals surface area contributed by atoms with Gasteiger partial charge in [0.25, 0.3) is 0 Å². The maximum absolute atomic E-state index is 3.48. The Bertz CT molecular complexity index is 484. The van der Waals surface area contributed by atoms with Crippen molar-refractivity contribution < 1.29 is 0 Å². The van der Waals surface area contributed by atoms with E-state index in [9.17, 15) is 0 Å². The normalized spacial score (nSPS) is 10.6. The second-order valence-corrected chi connectivity index (χ2v) is 6.84. The zero-order valence-corrected chi connectivity index (χ0v) is 13.5. The highest BCUT2D eigenvalue weighted by atomic mass is 79.9. The summed E-state index contributed by atoms with van der Waals surface area (Å²) in [5, 5.41) is 5.67. The van der Waals surface area contributed by atoms with Gasteiger partial charge in [-0.15, -0.1) is 11.3 Å². The Hall–Kier alpha value is -0.840. The van der Waals surface area contributed by atoms with Crippen molar-refractivity contribution in [1.82, 2.24) is 5.32 Å². The molecule has 0 saturated heterocycles. The first-order valence-electron chi connectivity index (χ1n) is 6.45. The Morgan fingerprint density at radius 3 is 2.74 bits per heavy atom. The van der Waals surface area contributed by atoms with Gasteiger partial charge in [0.2, 0.25) is 0 Å². The van der Waals surface area contributed by atoms with Gasteiger partial charge < -0.3 is 10.2 Å². The van der Waals surface area contributed by atoms with E-state index in [0.29, 0.717) is 0 Å². The van der Waals surface area contributed by atoms with Crippen LogP contribution in [0.1, 0.15) is 12.0 Å². The first-order chi connectivity index (χ1) is 9.25. The number of rotatable bonds is 7. The topological polar surface area (TPSA) is 15.3 Å². The van der Waals surface area contributed by atoms with Crippen LogP contribution in [0.25, 0.3) is 0 Å². The average molecular weight is 339 g/mol.